The fraction of sp³-hybridized carbons (Fsp3) is 0.545. The minimum atomic E-state index is 0.837. The maximum Gasteiger partial charge on any atom is 0.160 e. The van der Waals surface area contributed by atoms with Crippen molar-refractivity contribution >= 4 is 22.6 Å². The van der Waals surface area contributed by atoms with E-state index in [-0.39, 0.29) is 0 Å². The molecule has 2 heterocycles. The molecule has 0 aromatic carbocycles. The Bertz CT molecular complexity index is 300. The van der Waals surface area contributed by atoms with E-state index in [0.29, 0.717) is 0 Å². The van der Waals surface area contributed by atoms with Crippen molar-refractivity contribution < 1.29 is 4.79 Å². The third-order valence-electron chi connectivity index (χ3n) is 2.65. The lowest BCUT2D eigenvalue weighted by molar-refractivity contribution is 0.112. The molecule has 0 atom stereocenters. The zero-order valence-electron chi connectivity index (χ0n) is 8.24. The summed E-state index contributed by atoms with van der Waals surface area (Å²) in [5, 5.41) is 1.26. The molecule has 3 heteroatoms. The first-order valence-corrected chi connectivity index (χ1v) is 6.02. The first-order chi connectivity index (χ1) is 6.90. The molecule has 0 aliphatic carbocycles. The molecular formula is C11H15NOS. The van der Waals surface area contributed by atoms with Crippen molar-refractivity contribution in [2.75, 3.05) is 18.0 Å². The summed E-state index contributed by atoms with van der Waals surface area (Å²) in [4.78, 5) is 13.8. The van der Waals surface area contributed by atoms with E-state index < -0.39 is 0 Å². The lowest BCUT2D eigenvalue weighted by Crippen LogP contribution is -2.22. The van der Waals surface area contributed by atoms with Crippen molar-refractivity contribution in [3.05, 3.63) is 17.0 Å². The van der Waals surface area contributed by atoms with Crippen molar-refractivity contribution in [1.82, 2.24) is 0 Å². The monoisotopic (exact) mass is 209 g/mol. The largest absolute Gasteiger partial charge is 0.363 e. The number of aldehydes is 1. The van der Waals surface area contributed by atoms with Crippen LogP contribution in [0.2, 0.25) is 0 Å². The summed E-state index contributed by atoms with van der Waals surface area (Å²) in [6.45, 7) is 2.30. The second-order valence-electron chi connectivity index (χ2n) is 3.70. The van der Waals surface area contributed by atoms with Gasteiger partial charge in [-0.25, -0.2) is 0 Å². The van der Waals surface area contributed by atoms with Crippen molar-refractivity contribution in [2.45, 2.75) is 25.7 Å². The number of carbonyl (C=O) groups excluding carboxylic acids is 1. The van der Waals surface area contributed by atoms with Gasteiger partial charge in [-0.15, -0.1) is 11.3 Å². The van der Waals surface area contributed by atoms with Gasteiger partial charge in [0.25, 0.3) is 0 Å². The highest BCUT2D eigenvalue weighted by Gasteiger charge is 2.11. The predicted molar refractivity (Wildman–Crippen MR) is 60.4 cm³/mol. The first kappa shape index (κ1) is 9.71. The van der Waals surface area contributed by atoms with Crippen LogP contribution in [0.25, 0.3) is 0 Å². The normalized spacial score (nSPS) is 17.9. The van der Waals surface area contributed by atoms with Crippen LogP contribution >= 0.6 is 11.3 Å². The van der Waals surface area contributed by atoms with E-state index in [1.54, 1.807) is 11.3 Å². The van der Waals surface area contributed by atoms with Crippen molar-refractivity contribution in [2.24, 2.45) is 0 Å². The zero-order valence-corrected chi connectivity index (χ0v) is 9.05. The highest BCUT2D eigenvalue weighted by Crippen LogP contribution is 2.27. The number of carbonyl (C=O) groups is 1. The summed E-state index contributed by atoms with van der Waals surface area (Å²) in [5.74, 6) is 0. The lowest BCUT2D eigenvalue weighted by atomic mass is 10.2. The smallest absolute Gasteiger partial charge is 0.160 e. The van der Waals surface area contributed by atoms with Crippen LogP contribution in [0.1, 0.15) is 35.4 Å². The van der Waals surface area contributed by atoms with Crippen LogP contribution in [0.3, 0.4) is 0 Å². The summed E-state index contributed by atoms with van der Waals surface area (Å²) < 4.78 is 0. The molecule has 1 aromatic rings. The quantitative estimate of drug-likeness (QED) is 0.698. The Hall–Kier alpha value is -0.830. The zero-order chi connectivity index (χ0) is 9.80. The van der Waals surface area contributed by atoms with Gasteiger partial charge in [-0.05, 0) is 25.0 Å². The highest BCUT2D eigenvalue weighted by atomic mass is 32.1. The Labute approximate surface area is 88.5 Å². The van der Waals surface area contributed by atoms with E-state index >= 15 is 0 Å². The van der Waals surface area contributed by atoms with E-state index in [0.717, 1.165) is 24.3 Å². The van der Waals surface area contributed by atoms with Crippen LogP contribution in [-0.4, -0.2) is 19.4 Å². The first-order valence-electron chi connectivity index (χ1n) is 5.20. The molecule has 1 aliphatic heterocycles. The van der Waals surface area contributed by atoms with Crippen LogP contribution in [-0.2, 0) is 0 Å². The van der Waals surface area contributed by atoms with Gasteiger partial charge in [0.1, 0.15) is 0 Å². The summed E-state index contributed by atoms with van der Waals surface area (Å²) in [6, 6.07) is 3.98. The Kier molecular flexibility index (Phi) is 3.19. The van der Waals surface area contributed by atoms with E-state index in [1.165, 1.54) is 30.7 Å². The summed E-state index contributed by atoms with van der Waals surface area (Å²) in [5.41, 5.74) is 0. The second-order valence-corrected chi connectivity index (χ2v) is 4.79. The molecule has 76 valence electrons. The van der Waals surface area contributed by atoms with Gasteiger partial charge in [0.2, 0.25) is 0 Å². The molecule has 0 saturated carbocycles. The molecule has 2 rings (SSSR count). The molecule has 0 radical (unpaired) electrons. The molecule has 1 aliphatic rings. The molecule has 0 N–H and O–H groups in total. The number of rotatable bonds is 2. The number of hydrogen-bond acceptors (Lipinski definition) is 3. The van der Waals surface area contributed by atoms with E-state index in [2.05, 4.69) is 11.0 Å². The van der Waals surface area contributed by atoms with Gasteiger partial charge in [-0.2, -0.15) is 0 Å². The Balaban J connectivity index is 2.08. The van der Waals surface area contributed by atoms with Gasteiger partial charge in [-0.1, -0.05) is 12.8 Å². The molecule has 1 fully saturated rings. The molecule has 1 aromatic heterocycles. The van der Waals surface area contributed by atoms with Crippen molar-refractivity contribution in [3.8, 4) is 0 Å². The van der Waals surface area contributed by atoms with Crippen LogP contribution in [0, 0.1) is 0 Å². The minimum Gasteiger partial charge on any atom is -0.363 e. The lowest BCUT2D eigenvalue weighted by Gasteiger charge is -2.19. The van der Waals surface area contributed by atoms with E-state index in [1.807, 2.05) is 6.07 Å². The summed E-state index contributed by atoms with van der Waals surface area (Å²) >= 11 is 1.61. The Morgan fingerprint density at radius 1 is 1.14 bits per heavy atom. The number of hydrogen-bond donors (Lipinski definition) is 0. The number of thiophene rings is 1. The van der Waals surface area contributed by atoms with E-state index in [4.69, 9.17) is 0 Å². The Morgan fingerprint density at radius 2 is 1.86 bits per heavy atom. The van der Waals surface area contributed by atoms with E-state index in [9.17, 15) is 4.79 Å². The number of anilines is 1. The van der Waals surface area contributed by atoms with Gasteiger partial charge >= 0.3 is 0 Å². The van der Waals surface area contributed by atoms with Gasteiger partial charge in [0, 0.05) is 13.1 Å². The molecular weight excluding hydrogens is 194 g/mol. The third kappa shape index (κ3) is 2.15. The van der Waals surface area contributed by atoms with Crippen molar-refractivity contribution in [1.29, 1.82) is 0 Å². The van der Waals surface area contributed by atoms with Crippen LogP contribution in [0.5, 0.6) is 0 Å². The Morgan fingerprint density at radius 3 is 2.43 bits per heavy atom. The van der Waals surface area contributed by atoms with Gasteiger partial charge in [0.15, 0.2) is 6.29 Å². The minimum absolute atomic E-state index is 0.837. The van der Waals surface area contributed by atoms with Gasteiger partial charge < -0.3 is 4.90 Å². The van der Waals surface area contributed by atoms with Crippen LogP contribution in [0.4, 0.5) is 5.00 Å². The molecule has 1 saturated heterocycles. The van der Waals surface area contributed by atoms with Gasteiger partial charge in [-0.3, -0.25) is 4.79 Å². The van der Waals surface area contributed by atoms with Gasteiger partial charge in [0.05, 0.1) is 9.88 Å². The molecule has 0 amide bonds. The average molecular weight is 209 g/mol. The molecule has 0 unspecified atom stereocenters. The predicted octanol–water partition coefficient (Wildman–Crippen LogP) is 2.94. The SMILES string of the molecule is O=Cc1ccc(N2CCCCCC2)s1. The highest BCUT2D eigenvalue weighted by molar-refractivity contribution is 7.17. The summed E-state index contributed by atoms with van der Waals surface area (Å²) in [7, 11) is 0. The van der Waals surface area contributed by atoms with Crippen molar-refractivity contribution in [3.63, 3.8) is 0 Å². The fourth-order valence-corrected chi connectivity index (χ4v) is 2.74. The standard InChI is InChI=1S/C11H15NOS/c13-9-10-5-6-11(14-10)12-7-3-1-2-4-8-12/h5-6,9H,1-4,7-8H2. The molecule has 14 heavy (non-hydrogen) atoms. The second kappa shape index (κ2) is 4.60. The average Bonchev–Trinajstić information content (AvgIpc) is 2.53. The fourth-order valence-electron chi connectivity index (χ4n) is 1.87. The van der Waals surface area contributed by atoms with Crippen LogP contribution < -0.4 is 4.90 Å². The topological polar surface area (TPSA) is 20.3 Å². The molecule has 0 bridgehead atoms. The summed E-state index contributed by atoms with van der Waals surface area (Å²) in [6.07, 6.45) is 6.21. The maximum absolute atomic E-state index is 10.6. The number of nitrogens with zero attached hydrogens (tertiary/aromatic N) is 1. The third-order valence-corrected chi connectivity index (χ3v) is 3.72. The molecule has 2 nitrogen and oxygen atoms in total. The molecule has 0 spiro atoms. The van der Waals surface area contributed by atoms with Crippen LogP contribution in [0.15, 0.2) is 12.1 Å². The maximum atomic E-state index is 10.6.